The molecule has 0 saturated heterocycles. The predicted molar refractivity (Wildman–Crippen MR) is 93.9 cm³/mol. The van der Waals surface area contributed by atoms with E-state index in [-0.39, 0.29) is 5.69 Å². The van der Waals surface area contributed by atoms with E-state index in [9.17, 15) is 9.18 Å². The van der Waals surface area contributed by atoms with Crippen LogP contribution in [0.4, 0.5) is 4.39 Å². The molecule has 4 rings (SSSR count). The van der Waals surface area contributed by atoms with Crippen molar-refractivity contribution in [3.63, 3.8) is 0 Å². The van der Waals surface area contributed by atoms with E-state index in [0.717, 1.165) is 15.9 Å². The van der Waals surface area contributed by atoms with Crippen LogP contribution in [0.15, 0.2) is 59.5 Å². The Morgan fingerprint density at radius 2 is 1.60 bits per heavy atom. The number of halogens is 1. The Labute approximate surface area is 143 Å². The van der Waals surface area contributed by atoms with Gasteiger partial charge in [0.15, 0.2) is 0 Å². The smallest absolute Gasteiger partial charge is 0.265 e. The van der Waals surface area contributed by atoms with Crippen LogP contribution in [0.1, 0.15) is 11.3 Å². The van der Waals surface area contributed by atoms with Crippen LogP contribution in [0.3, 0.4) is 0 Å². The standard InChI is InChI=1S/C19H15FN4O/c1-12-7-3-5-9-16(12)23-18-14(11-21-23)13(2)22-24(19(18)25)17-10-6-4-8-15(17)20/h3-11H,1-2H3. The van der Waals surface area contributed by atoms with Gasteiger partial charge in [0, 0.05) is 5.39 Å². The highest BCUT2D eigenvalue weighted by Gasteiger charge is 2.17. The molecule has 2 aromatic carbocycles. The third-order valence-corrected chi connectivity index (χ3v) is 4.23. The minimum absolute atomic E-state index is 0.120. The molecule has 0 fully saturated rings. The number of aryl methyl sites for hydroxylation is 2. The summed E-state index contributed by atoms with van der Waals surface area (Å²) >= 11 is 0. The molecule has 0 aliphatic rings. The number of hydrogen-bond acceptors (Lipinski definition) is 3. The van der Waals surface area contributed by atoms with Crippen molar-refractivity contribution in [3.05, 3.63) is 82.2 Å². The number of rotatable bonds is 2. The second-order valence-electron chi connectivity index (χ2n) is 5.86. The molecule has 5 nitrogen and oxygen atoms in total. The minimum atomic E-state index is -0.502. The molecule has 2 aromatic heterocycles. The van der Waals surface area contributed by atoms with E-state index in [2.05, 4.69) is 10.2 Å². The van der Waals surface area contributed by atoms with Crippen LogP contribution in [0, 0.1) is 19.7 Å². The Morgan fingerprint density at radius 1 is 0.920 bits per heavy atom. The molecule has 0 bridgehead atoms. The highest BCUT2D eigenvalue weighted by atomic mass is 19.1. The molecular formula is C19H15FN4O. The average molecular weight is 334 g/mol. The number of para-hydroxylation sites is 2. The fourth-order valence-corrected chi connectivity index (χ4v) is 2.94. The van der Waals surface area contributed by atoms with Crippen molar-refractivity contribution in [2.45, 2.75) is 13.8 Å². The number of hydrogen-bond donors (Lipinski definition) is 0. The number of aromatic nitrogens is 4. The monoisotopic (exact) mass is 334 g/mol. The summed E-state index contributed by atoms with van der Waals surface area (Å²) in [7, 11) is 0. The normalized spacial score (nSPS) is 11.2. The molecule has 0 aliphatic carbocycles. The van der Waals surface area contributed by atoms with Crippen LogP contribution in [0.25, 0.3) is 22.3 Å². The molecule has 2 heterocycles. The summed E-state index contributed by atoms with van der Waals surface area (Å²) in [6.07, 6.45) is 1.62. The van der Waals surface area contributed by atoms with Gasteiger partial charge in [0.25, 0.3) is 5.56 Å². The van der Waals surface area contributed by atoms with Crippen molar-refractivity contribution in [2.75, 3.05) is 0 Å². The van der Waals surface area contributed by atoms with E-state index < -0.39 is 11.4 Å². The van der Waals surface area contributed by atoms with E-state index in [4.69, 9.17) is 0 Å². The molecular weight excluding hydrogens is 319 g/mol. The SMILES string of the molecule is Cc1ccccc1-n1ncc2c(C)nn(-c3ccccc3F)c(=O)c21. The Morgan fingerprint density at radius 3 is 2.32 bits per heavy atom. The molecule has 0 spiro atoms. The van der Waals surface area contributed by atoms with Crippen LogP contribution in [0.2, 0.25) is 0 Å². The van der Waals surface area contributed by atoms with E-state index >= 15 is 0 Å². The van der Waals surface area contributed by atoms with Crippen molar-refractivity contribution >= 4 is 10.9 Å². The molecule has 0 amide bonds. The first kappa shape index (κ1) is 15.3. The summed E-state index contributed by atoms with van der Waals surface area (Å²) in [4.78, 5) is 13.1. The summed E-state index contributed by atoms with van der Waals surface area (Å²) in [5, 5.41) is 9.30. The number of benzene rings is 2. The molecule has 0 aliphatic heterocycles. The van der Waals surface area contributed by atoms with Crippen LogP contribution < -0.4 is 5.56 Å². The fourth-order valence-electron chi connectivity index (χ4n) is 2.94. The second kappa shape index (κ2) is 5.66. The van der Waals surface area contributed by atoms with Gasteiger partial charge < -0.3 is 0 Å². The first-order valence-corrected chi connectivity index (χ1v) is 7.86. The Bertz CT molecular complexity index is 1160. The zero-order valence-electron chi connectivity index (χ0n) is 13.8. The third-order valence-electron chi connectivity index (χ3n) is 4.23. The Balaban J connectivity index is 2.09. The molecule has 0 saturated carbocycles. The average Bonchev–Trinajstić information content (AvgIpc) is 3.05. The maximum Gasteiger partial charge on any atom is 0.298 e. The summed E-state index contributed by atoms with van der Waals surface area (Å²) in [6.45, 7) is 3.73. The molecule has 4 aromatic rings. The predicted octanol–water partition coefficient (Wildman–Crippen LogP) is 3.33. The van der Waals surface area contributed by atoms with E-state index in [1.165, 1.54) is 12.1 Å². The maximum absolute atomic E-state index is 14.2. The Kier molecular flexibility index (Phi) is 3.46. The topological polar surface area (TPSA) is 52.7 Å². The van der Waals surface area contributed by atoms with E-state index in [1.807, 2.05) is 31.2 Å². The summed E-state index contributed by atoms with van der Waals surface area (Å²) in [5.74, 6) is -0.502. The lowest BCUT2D eigenvalue weighted by Gasteiger charge is -2.10. The van der Waals surface area contributed by atoms with Gasteiger partial charge >= 0.3 is 0 Å². The van der Waals surface area contributed by atoms with E-state index in [1.54, 1.807) is 29.9 Å². The van der Waals surface area contributed by atoms with Gasteiger partial charge in [-0.2, -0.15) is 14.9 Å². The highest BCUT2D eigenvalue weighted by molar-refractivity contribution is 5.81. The molecule has 0 N–H and O–H groups in total. The van der Waals surface area contributed by atoms with Crippen LogP contribution in [-0.4, -0.2) is 19.6 Å². The Hall–Kier alpha value is -3.28. The minimum Gasteiger partial charge on any atom is -0.265 e. The lowest BCUT2D eigenvalue weighted by molar-refractivity contribution is 0.605. The van der Waals surface area contributed by atoms with Gasteiger partial charge in [-0.1, -0.05) is 30.3 Å². The van der Waals surface area contributed by atoms with Crippen LogP contribution in [0.5, 0.6) is 0 Å². The van der Waals surface area contributed by atoms with Gasteiger partial charge in [-0.25, -0.2) is 9.07 Å². The lowest BCUT2D eigenvalue weighted by atomic mass is 10.2. The van der Waals surface area contributed by atoms with Crippen molar-refractivity contribution in [2.24, 2.45) is 0 Å². The van der Waals surface area contributed by atoms with Crippen molar-refractivity contribution in [1.29, 1.82) is 0 Å². The molecule has 0 unspecified atom stereocenters. The molecule has 25 heavy (non-hydrogen) atoms. The largest absolute Gasteiger partial charge is 0.298 e. The molecule has 6 heteroatoms. The van der Waals surface area contributed by atoms with Gasteiger partial charge in [-0.15, -0.1) is 0 Å². The number of nitrogens with zero attached hydrogens (tertiary/aromatic N) is 4. The highest BCUT2D eigenvalue weighted by Crippen LogP contribution is 2.20. The van der Waals surface area contributed by atoms with Crippen LogP contribution >= 0.6 is 0 Å². The van der Waals surface area contributed by atoms with Gasteiger partial charge in [0.2, 0.25) is 0 Å². The van der Waals surface area contributed by atoms with E-state index in [0.29, 0.717) is 16.6 Å². The quantitative estimate of drug-likeness (QED) is 0.565. The third kappa shape index (κ3) is 2.34. The van der Waals surface area contributed by atoms with Gasteiger partial charge in [0.1, 0.15) is 17.0 Å². The zero-order valence-corrected chi connectivity index (χ0v) is 13.8. The maximum atomic E-state index is 14.2. The second-order valence-corrected chi connectivity index (χ2v) is 5.86. The summed E-state index contributed by atoms with van der Waals surface area (Å²) in [6, 6.07) is 13.7. The van der Waals surface area contributed by atoms with Gasteiger partial charge in [-0.3, -0.25) is 4.79 Å². The zero-order chi connectivity index (χ0) is 17.6. The van der Waals surface area contributed by atoms with Crippen molar-refractivity contribution in [3.8, 4) is 11.4 Å². The fraction of sp³-hybridized carbons (Fsp3) is 0.105. The molecule has 124 valence electrons. The van der Waals surface area contributed by atoms with Crippen LogP contribution in [-0.2, 0) is 0 Å². The van der Waals surface area contributed by atoms with Crippen molar-refractivity contribution < 1.29 is 4.39 Å². The first-order valence-electron chi connectivity index (χ1n) is 7.86. The van der Waals surface area contributed by atoms with Crippen molar-refractivity contribution in [1.82, 2.24) is 19.6 Å². The summed E-state index contributed by atoms with van der Waals surface area (Å²) in [5.41, 5.74) is 2.49. The molecule has 0 atom stereocenters. The molecule has 0 radical (unpaired) electrons. The first-order chi connectivity index (χ1) is 12.1. The summed E-state index contributed by atoms with van der Waals surface area (Å²) < 4.78 is 16.9. The number of fused-ring (bicyclic) bond motifs is 1. The van der Waals surface area contributed by atoms with Gasteiger partial charge in [-0.05, 0) is 37.6 Å². The lowest BCUT2D eigenvalue weighted by Crippen LogP contribution is -2.25. The van der Waals surface area contributed by atoms with Gasteiger partial charge in [0.05, 0.1) is 17.6 Å².